The maximum atomic E-state index is 11.9. The minimum absolute atomic E-state index is 0.0427. The molecular formula is C12H14N4O3. The Hall–Kier alpha value is -2.62. The second-order valence-electron chi connectivity index (χ2n) is 3.75. The number of carbonyl (C=O) groups is 2. The van der Waals surface area contributed by atoms with Crippen LogP contribution in [0, 0.1) is 12.3 Å². The van der Waals surface area contributed by atoms with Crippen LogP contribution in [0.5, 0.6) is 0 Å². The molecule has 0 unspecified atom stereocenters. The molecule has 19 heavy (non-hydrogen) atoms. The first-order valence-corrected chi connectivity index (χ1v) is 5.45. The number of likely N-dealkylation sites (N-methyl/N-ethyl adjacent to an activating group) is 1. The molecule has 1 heterocycles. The lowest BCUT2D eigenvalue weighted by atomic mass is 10.4. The van der Waals surface area contributed by atoms with Crippen molar-refractivity contribution in [1.82, 2.24) is 14.9 Å². The minimum atomic E-state index is -1.11. The van der Waals surface area contributed by atoms with E-state index in [-0.39, 0.29) is 13.1 Å². The molecule has 0 radical (unpaired) electrons. The van der Waals surface area contributed by atoms with Gasteiger partial charge in [0.25, 0.3) is 0 Å². The van der Waals surface area contributed by atoms with Crippen molar-refractivity contribution in [3.63, 3.8) is 0 Å². The number of aliphatic carboxylic acids is 1. The standard InChI is InChI=1S/C12H14N4O3/c1-3-7-16(9-11(18)19)10(17)8-15(2)12-13-5-4-6-14-12/h1,4-6H,7-9H2,2H3,(H,18,19). The van der Waals surface area contributed by atoms with Gasteiger partial charge in [0.05, 0.1) is 13.1 Å². The summed E-state index contributed by atoms with van der Waals surface area (Å²) in [5.41, 5.74) is 0. The van der Waals surface area contributed by atoms with Gasteiger partial charge in [-0.05, 0) is 6.07 Å². The van der Waals surface area contributed by atoms with E-state index in [0.717, 1.165) is 4.90 Å². The quantitative estimate of drug-likeness (QED) is 0.693. The molecule has 0 aliphatic heterocycles. The van der Waals surface area contributed by atoms with Crippen LogP contribution in [-0.4, -0.2) is 58.5 Å². The van der Waals surface area contributed by atoms with E-state index in [4.69, 9.17) is 11.5 Å². The number of hydrogen-bond donors (Lipinski definition) is 1. The number of carboxylic acids is 1. The monoisotopic (exact) mass is 262 g/mol. The van der Waals surface area contributed by atoms with E-state index in [1.54, 1.807) is 25.5 Å². The zero-order chi connectivity index (χ0) is 14.3. The van der Waals surface area contributed by atoms with Gasteiger partial charge < -0.3 is 14.9 Å². The lowest BCUT2D eigenvalue weighted by molar-refractivity contribution is -0.143. The Balaban J connectivity index is 2.66. The normalized spacial score (nSPS) is 9.47. The fraction of sp³-hybridized carbons (Fsp3) is 0.333. The Morgan fingerprint density at radius 2 is 2.00 bits per heavy atom. The van der Waals surface area contributed by atoms with Crippen LogP contribution in [0.25, 0.3) is 0 Å². The molecule has 1 amide bonds. The molecule has 0 saturated carbocycles. The lowest BCUT2D eigenvalue weighted by Gasteiger charge is -2.22. The minimum Gasteiger partial charge on any atom is -0.480 e. The summed E-state index contributed by atoms with van der Waals surface area (Å²) in [6, 6.07) is 1.66. The third-order valence-corrected chi connectivity index (χ3v) is 2.23. The molecule has 0 fully saturated rings. The molecule has 0 aliphatic carbocycles. The molecule has 0 atom stereocenters. The summed E-state index contributed by atoms with van der Waals surface area (Å²) in [6.45, 7) is -0.514. The van der Waals surface area contributed by atoms with Crippen LogP contribution in [0.2, 0.25) is 0 Å². The smallest absolute Gasteiger partial charge is 0.323 e. The van der Waals surface area contributed by atoms with Crippen LogP contribution in [0.1, 0.15) is 0 Å². The average molecular weight is 262 g/mol. The molecule has 0 spiro atoms. The van der Waals surface area contributed by atoms with Gasteiger partial charge in [0.2, 0.25) is 11.9 Å². The van der Waals surface area contributed by atoms with Crippen molar-refractivity contribution in [3.05, 3.63) is 18.5 Å². The predicted octanol–water partition coefficient (Wildman–Crippen LogP) is -0.541. The molecule has 1 aromatic rings. The summed E-state index contributed by atoms with van der Waals surface area (Å²) in [4.78, 5) is 33.1. The number of aromatic nitrogens is 2. The highest BCUT2D eigenvalue weighted by atomic mass is 16.4. The van der Waals surface area contributed by atoms with Crippen molar-refractivity contribution in [2.24, 2.45) is 0 Å². The highest BCUT2D eigenvalue weighted by Crippen LogP contribution is 2.02. The van der Waals surface area contributed by atoms with E-state index in [2.05, 4.69) is 15.9 Å². The summed E-state index contributed by atoms with van der Waals surface area (Å²) in [5, 5.41) is 8.71. The summed E-state index contributed by atoms with van der Waals surface area (Å²) in [5.74, 6) is 1.14. The Bertz CT molecular complexity index is 483. The highest BCUT2D eigenvalue weighted by molar-refractivity contribution is 5.84. The van der Waals surface area contributed by atoms with Crippen molar-refractivity contribution >= 4 is 17.8 Å². The van der Waals surface area contributed by atoms with Gasteiger partial charge in [-0.15, -0.1) is 6.42 Å². The van der Waals surface area contributed by atoms with Crippen LogP contribution < -0.4 is 4.90 Å². The third kappa shape index (κ3) is 4.63. The van der Waals surface area contributed by atoms with E-state index in [9.17, 15) is 9.59 Å². The second-order valence-corrected chi connectivity index (χ2v) is 3.75. The van der Waals surface area contributed by atoms with Crippen molar-refractivity contribution in [2.45, 2.75) is 0 Å². The van der Waals surface area contributed by atoms with Crippen LogP contribution in [0.15, 0.2) is 18.5 Å². The molecule has 1 N–H and O–H groups in total. The molecule has 0 saturated heterocycles. The van der Waals surface area contributed by atoms with E-state index in [0.29, 0.717) is 5.95 Å². The highest BCUT2D eigenvalue weighted by Gasteiger charge is 2.18. The number of anilines is 1. The number of amides is 1. The molecule has 0 aliphatic rings. The fourth-order valence-electron chi connectivity index (χ4n) is 1.37. The van der Waals surface area contributed by atoms with Crippen molar-refractivity contribution in [3.8, 4) is 12.3 Å². The Morgan fingerprint density at radius 3 is 2.53 bits per heavy atom. The van der Waals surface area contributed by atoms with Gasteiger partial charge in [-0.3, -0.25) is 9.59 Å². The third-order valence-electron chi connectivity index (χ3n) is 2.23. The first-order chi connectivity index (χ1) is 9.04. The molecule has 7 heteroatoms. The van der Waals surface area contributed by atoms with Gasteiger partial charge in [0.1, 0.15) is 6.54 Å². The summed E-state index contributed by atoms with van der Waals surface area (Å²) in [7, 11) is 1.64. The first kappa shape index (κ1) is 14.4. The summed E-state index contributed by atoms with van der Waals surface area (Å²) < 4.78 is 0. The lowest BCUT2D eigenvalue weighted by Crippen LogP contribution is -2.42. The number of nitrogens with zero attached hydrogens (tertiary/aromatic N) is 4. The number of hydrogen-bond acceptors (Lipinski definition) is 5. The Morgan fingerprint density at radius 1 is 1.37 bits per heavy atom. The molecule has 0 aromatic carbocycles. The van der Waals surface area contributed by atoms with E-state index < -0.39 is 18.4 Å². The van der Waals surface area contributed by atoms with Gasteiger partial charge in [-0.25, -0.2) is 9.97 Å². The van der Waals surface area contributed by atoms with E-state index in [1.165, 1.54) is 4.90 Å². The molecular weight excluding hydrogens is 248 g/mol. The van der Waals surface area contributed by atoms with Crippen molar-refractivity contribution < 1.29 is 14.7 Å². The van der Waals surface area contributed by atoms with Crippen LogP contribution in [-0.2, 0) is 9.59 Å². The first-order valence-electron chi connectivity index (χ1n) is 5.45. The van der Waals surface area contributed by atoms with Gasteiger partial charge >= 0.3 is 5.97 Å². The Kier molecular flexibility index (Phi) is 5.29. The number of carbonyl (C=O) groups excluding carboxylic acids is 1. The number of terminal acetylenes is 1. The second kappa shape index (κ2) is 6.96. The molecule has 7 nitrogen and oxygen atoms in total. The molecule has 100 valence electrons. The summed E-state index contributed by atoms with van der Waals surface area (Å²) >= 11 is 0. The van der Waals surface area contributed by atoms with Gasteiger partial charge in [0, 0.05) is 19.4 Å². The molecule has 1 aromatic heterocycles. The molecule has 0 bridgehead atoms. The van der Waals surface area contributed by atoms with E-state index >= 15 is 0 Å². The largest absolute Gasteiger partial charge is 0.480 e. The van der Waals surface area contributed by atoms with Gasteiger partial charge in [-0.1, -0.05) is 5.92 Å². The maximum absolute atomic E-state index is 11.9. The zero-order valence-corrected chi connectivity index (χ0v) is 10.5. The SMILES string of the molecule is C#CCN(CC(=O)O)C(=O)CN(C)c1ncccn1. The fourth-order valence-corrected chi connectivity index (χ4v) is 1.37. The maximum Gasteiger partial charge on any atom is 0.323 e. The van der Waals surface area contributed by atoms with Crippen molar-refractivity contribution in [2.75, 3.05) is 31.6 Å². The van der Waals surface area contributed by atoms with Gasteiger partial charge in [0.15, 0.2) is 0 Å². The van der Waals surface area contributed by atoms with Crippen LogP contribution >= 0.6 is 0 Å². The van der Waals surface area contributed by atoms with Gasteiger partial charge in [-0.2, -0.15) is 0 Å². The van der Waals surface area contributed by atoms with Crippen LogP contribution in [0.4, 0.5) is 5.95 Å². The molecule has 1 rings (SSSR count). The van der Waals surface area contributed by atoms with E-state index in [1.807, 2.05) is 0 Å². The number of rotatable bonds is 6. The Labute approximate surface area is 110 Å². The number of carboxylic acid groups (broad SMARTS) is 1. The van der Waals surface area contributed by atoms with Crippen LogP contribution in [0.3, 0.4) is 0 Å². The average Bonchev–Trinajstić information content (AvgIpc) is 2.38. The van der Waals surface area contributed by atoms with Crippen molar-refractivity contribution in [1.29, 1.82) is 0 Å². The zero-order valence-electron chi connectivity index (χ0n) is 10.5. The summed E-state index contributed by atoms with van der Waals surface area (Å²) in [6.07, 6.45) is 8.22. The predicted molar refractivity (Wildman–Crippen MR) is 68.4 cm³/mol. The topological polar surface area (TPSA) is 86.6 Å².